The molecule has 6 heteroatoms. The van der Waals surface area contributed by atoms with Crippen molar-refractivity contribution in [3.8, 4) is 16.9 Å². The average molecular weight is 409 g/mol. The third-order valence-electron chi connectivity index (χ3n) is 3.57. The maximum Gasteiger partial charge on any atom is 0.244 e. The van der Waals surface area contributed by atoms with Crippen molar-refractivity contribution in [2.45, 2.75) is 0 Å². The van der Waals surface area contributed by atoms with Gasteiger partial charge in [0.05, 0.1) is 5.69 Å². The summed E-state index contributed by atoms with van der Waals surface area (Å²) in [6.45, 7) is 4.07. The number of nitrogens with one attached hydrogen (secondary N) is 1. The third-order valence-corrected chi connectivity index (χ3v) is 3.85. The summed E-state index contributed by atoms with van der Waals surface area (Å²) in [5.74, 6) is -0.199. The quantitative estimate of drug-likeness (QED) is 0.627. The van der Waals surface area contributed by atoms with Crippen molar-refractivity contribution in [3.63, 3.8) is 0 Å². The molecule has 1 N–H and O–H groups in total. The number of halogens is 1. The lowest BCUT2D eigenvalue weighted by Gasteiger charge is -2.00. The van der Waals surface area contributed by atoms with Crippen LogP contribution < -0.4 is 5.32 Å². The highest BCUT2D eigenvalue weighted by molar-refractivity contribution is 9.11. The molecule has 0 fully saturated rings. The van der Waals surface area contributed by atoms with E-state index in [4.69, 9.17) is 0 Å². The molecule has 5 nitrogen and oxygen atoms in total. The Morgan fingerprint density at radius 2 is 2.04 bits per heavy atom. The van der Waals surface area contributed by atoms with E-state index in [0.717, 1.165) is 22.5 Å². The van der Waals surface area contributed by atoms with E-state index in [2.05, 4.69) is 37.9 Å². The zero-order valence-corrected chi connectivity index (χ0v) is 15.6. The molecule has 26 heavy (non-hydrogen) atoms. The van der Waals surface area contributed by atoms with Gasteiger partial charge in [-0.3, -0.25) is 9.78 Å². The highest BCUT2D eigenvalue weighted by Gasteiger charge is 2.11. The molecule has 0 aliphatic heterocycles. The monoisotopic (exact) mass is 408 g/mol. The summed E-state index contributed by atoms with van der Waals surface area (Å²) >= 11 is 3.22. The Hall–Kier alpha value is -2.99. The van der Waals surface area contributed by atoms with Gasteiger partial charge < -0.3 is 5.32 Å². The molecule has 130 valence electrons. The number of benzene rings is 1. The van der Waals surface area contributed by atoms with Gasteiger partial charge in [0, 0.05) is 46.8 Å². The Morgan fingerprint density at radius 3 is 2.73 bits per heavy atom. The third kappa shape index (κ3) is 4.55. The predicted octanol–water partition coefficient (Wildman–Crippen LogP) is 3.97. The van der Waals surface area contributed by atoms with Gasteiger partial charge in [-0.2, -0.15) is 5.10 Å². The molecule has 0 aliphatic carbocycles. The lowest BCUT2D eigenvalue weighted by molar-refractivity contribution is -0.116. The van der Waals surface area contributed by atoms with Crippen LogP contribution in [0, 0.1) is 0 Å². The van der Waals surface area contributed by atoms with E-state index in [9.17, 15) is 4.79 Å². The van der Waals surface area contributed by atoms with Crippen molar-refractivity contribution in [2.24, 2.45) is 0 Å². The molecule has 0 bridgehead atoms. The van der Waals surface area contributed by atoms with Crippen molar-refractivity contribution in [1.82, 2.24) is 20.1 Å². The van der Waals surface area contributed by atoms with Crippen LogP contribution in [0.5, 0.6) is 0 Å². The average Bonchev–Trinajstić information content (AvgIpc) is 3.10. The van der Waals surface area contributed by atoms with Crippen LogP contribution in [-0.4, -0.2) is 27.2 Å². The van der Waals surface area contributed by atoms with Crippen molar-refractivity contribution in [2.75, 3.05) is 6.54 Å². The first-order valence-corrected chi connectivity index (χ1v) is 8.77. The summed E-state index contributed by atoms with van der Waals surface area (Å²) in [5.41, 5.74) is 3.42. The smallest absolute Gasteiger partial charge is 0.244 e. The minimum Gasteiger partial charge on any atom is -0.348 e. The number of nitrogens with zero attached hydrogens (tertiary/aromatic N) is 3. The Labute approximate surface area is 160 Å². The van der Waals surface area contributed by atoms with Crippen LogP contribution in [0.4, 0.5) is 0 Å². The number of amides is 1. The molecule has 2 aromatic heterocycles. The number of carbonyl (C=O) groups excluding carboxylic acids is 1. The maximum absolute atomic E-state index is 11.9. The fraction of sp³-hybridized carbons (Fsp3) is 0.0500. The Balaban J connectivity index is 1.93. The molecule has 3 rings (SSSR count). The maximum atomic E-state index is 11.9. The molecule has 2 heterocycles. The van der Waals surface area contributed by atoms with Gasteiger partial charge in [0.1, 0.15) is 5.69 Å². The molecule has 0 saturated heterocycles. The molecule has 1 aromatic carbocycles. The van der Waals surface area contributed by atoms with E-state index >= 15 is 0 Å². The van der Waals surface area contributed by atoms with Crippen LogP contribution in [0.2, 0.25) is 0 Å². The standard InChI is InChI=1S/C20H17BrN4O/c1-15(21)12-23-19(26)10-9-17-14-25(18-7-3-2-4-8-18)24-20(17)16-6-5-11-22-13-16/h2-11,13-14H,1,12H2,(H,23,26)/b10-9+. The summed E-state index contributed by atoms with van der Waals surface area (Å²) in [6.07, 6.45) is 8.60. The van der Waals surface area contributed by atoms with Crippen molar-refractivity contribution < 1.29 is 4.79 Å². The first-order chi connectivity index (χ1) is 12.6. The van der Waals surface area contributed by atoms with Crippen LogP contribution in [0.3, 0.4) is 0 Å². The highest BCUT2D eigenvalue weighted by Crippen LogP contribution is 2.24. The van der Waals surface area contributed by atoms with Gasteiger partial charge >= 0.3 is 0 Å². The first kappa shape index (κ1) is 17.8. The van der Waals surface area contributed by atoms with E-state index in [-0.39, 0.29) is 5.91 Å². The van der Waals surface area contributed by atoms with Gasteiger partial charge in [0.15, 0.2) is 0 Å². The van der Waals surface area contributed by atoms with E-state index in [1.807, 2.05) is 48.7 Å². The van der Waals surface area contributed by atoms with Gasteiger partial charge in [-0.05, 0) is 30.3 Å². The fourth-order valence-electron chi connectivity index (χ4n) is 2.36. The van der Waals surface area contributed by atoms with Gasteiger partial charge in [0.25, 0.3) is 0 Å². The SMILES string of the molecule is C=C(Br)CNC(=O)/C=C/c1cn(-c2ccccc2)nc1-c1cccnc1. The van der Waals surface area contributed by atoms with E-state index in [0.29, 0.717) is 11.0 Å². The van der Waals surface area contributed by atoms with Crippen molar-refractivity contribution in [1.29, 1.82) is 0 Å². The Morgan fingerprint density at radius 1 is 1.23 bits per heavy atom. The van der Waals surface area contributed by atoms with Crippen LogP contribution in [0.15, 0.2) is 78.2 Å². The largest absolute Gasteiger partial charge is 0.348 e. The topological polar surface area (TPSA) is 59.8 Å². The first-order valence-electron chi connectivity index (χ1n) is 7.98. The molecule has 0 saturated carbocycles. The van der Waals surface area contributed by atoms with E-state index in [1.165, 1.54) is 6.08 Å². The van der Waals surface area contributed by atoms with Crippen LogP contribution in [0.1, 0.15) is 5.56 Å². The normalized spacial score (nSPS) is 10.8. The molecular formula is C20H17BrN4O. The second-order valence-corrected chi connectivity index (χ2v) is 6.64. The highest BCUT2D eigenvalue weighted by atomic mass is 79.9. The van der Waals surface area contributed by atoms with Gasteiger partial charge in [0.2, 0.25) is 5.91 Å². The molecule has 0 unspecified atom stereocenters. The minimum atomic E-state index is -0.199. The van der Waals surface area contributed by atoms with E-state index in [1.54, 1.807) is 23.2 Å². The molecule has 1 amide bonds. The molecule has 0 radical (unpaired) electrons. The van der Waals surface area contributed by atoms with Crippen LogP contribution >= 0.6 is 15.9 Å². The lowest BCUT2D eigenvalue weighted by Crippen LogP contribution is -2.21. The molecule has 0 aliphatic rings. The summed E-state index contributed by atoms with van der Waals surface area (Å²) < 4.78 is 2.51. The fourth-order valence-corrected chi connectivity index (χ4v) is 2.50. The number of pyridine rings is 1. The zero-order valence-electron chi connectivity index (χ0n) is 14.0. The number of hydrogen-bond donors (Lipinski definition) is 1. The van der Waals surface area contributed by atoms with Crippen molar-refractivity contribution >= 4 is 27.9 Å². The number of hydrogen-bond acceptors (Lipinski definition) is 3. The van der Waals surface area contributed by atoms with Crippen molar-refractivity contribution in [3.05, 3.63) is 83.8 Å². The van der Waals surface area contributed by atoms with Gasteiger partial charge in [-0.1, -0.05) is 40.7 Å². The molecule has 0 spiro atoms. The van der Waals surface area contributed by atoms with E-state index < -0.39 is 0 Å². The molecular weight excluding hydrogens is 392 g/mol. The minimum absolute atomic E-state index is 0.199. The summed E-state index contributed by atoms with van der Waals surface area (Å²) in [4.78, 5) is 16.1. The number of para-hydroxylation sites is 1. The molecule has 3 aromatic rings. The number of aromatic nitrogens is 3. The van der Waals surface area contributed by atoms with Crippen LogP contribution in [-0.2, 0) is 4.79 Å². The second-order valence-electron chi connectivity index (χ2n) is 5.52. The zero-order chi connectivity index (χ0) is 18.4. The van der Waals surface area contributed by atoms with Crippen LogP contribution in [0.25, 0.3) is 23.0 Å². The van der Waals surface area contributed by atoms with Gasteiger partial charge in [-0.25, -0.2) is 4.68 Å². The summed E-state index contributed by atoms with van der Waals surface area (Å²) in [7, 11) is 0. The Kier molecular flexibility index (Phi) is 5.76. The number of rotatable bonds is 6. The predicted molar refractivity (Wildman–Crippen MR) is 107 cm³/mol. The Bertz CT molecular complexity index is 933. The lowest BCUT2D eigenvalue weighted by atomic mass is 10.1. The van der Waals surface area contributed by atoms with Gasteiger partial charge in [-0.15, -0.1) is 0 Å². The number of carbonyl (C=O) groups is 1. The second kappa shape index (κ2) is 8.40. The molecule has 0 atom stereocenters. The summed E-state index contributed by atoms with van der Waals surface area (Å²) in [6, 6.07) is 13.6. The summed E-state index contributed by atoms with van der Waals surface area (Å²) in [5, 5.41) is 7.41.